The number of amides is 4. The van der Waals surface area contributed by atoms with Gasteiger partial charge in [0, 0.05) is 39.0 Å². The molecule has 1 aromatic rings. The van der Waals surface area contributed by atoms with Crippen LogP contribution in [0.15, 0.2) is 24.3 Å². The molecule has 24 heavy (non-hydrogen) atoms. The zero-order valence-corrected chi connectivity index (χ0v) is 13.4. The van der Waals surface area contributed by atoms with Crippen molar-refractivity contribution in [2.45, 2.75) is 25.8 Å². The molecule has 1 N–H and O–H groups in total. The quantitative estimate of drug-likeness (QED) is 0.811. The first-order chi connectivity index (χ1) is 11.5. The second kappa shape index (κ2) is 6.43. The Labute approximate surface area is 139 Å². The average molecular weight is 329 g/mol. The van der Waals surface area contributed by atoms with Crippen molar-refractivity contribution in [3.8, 4) is 0 Å². The summed E-state index contributed by atoms with van der Waals surface area (Å²) in [6.07, 6.45) is 0.778. The fourth-order valence-electron chi connectivity index (χ4n) is 3.12. The molecular formula is C17H19N3O4. The van der Waals surface area contributed by atoms with Gasteiger partial charge in [-0.2, -0.15) is 0 Å². The van der Waals surface area contributed by atoms with Crippen molar-refractivity contribution >= 4 is 23.6 Å². The van der Waals surface area contributed by atoms with Gasteiger partial charge in [-0.25, -0.2) is 0 Å². The molecule has 1 fully saturated rings. The summed E-state index contributed by atoms with van der Waals surface area (Å²) >= 11 is 0. The standard InChI is InChI=1S/C17H19N3O4/c1-11(21)19-8-6-12(10-19)18-15(22)7-9-20-16(23)13-4-2-3-5-14(13)17(20)24/h2-5,12H,6-10H2,1H3,(H,18,22). The molecule has 2 aliphatic rings. The molecule has 7 nitrogen and oxygen atoms in total. The van der Waals surface area contributed by atoms with E-state index < -0.39 is 0 Å². The number of hydrogen-bond acceptors (Lipinski definition) is 4. The van der Waals surface area contributed by atoms with Crippen LogP contribution in [0.2, 0.25) is 0 Å². The van der Waals surface area contributed by atoms with Gasteiger partial charge < -0.3 is 10.2 Å². The minimum atomic E-state index is -0.355. The number of rotatable bonds is 4. The molecule has 2 aliphatic heterocycles. The molecule has 7 heteroatoms. The normalized spacial score (nSPS) is 19.6. The molecule has 0 saturated carbocycles. The lowest BCUT2D eigenvalue weighted by molar-refractivity contribution is -0.128. The van der Waals surface area contributed by atoms with Crippen molar-refractivity contribution in [1.82, 2.24) is 15.1 Å². The van der Waals surface area contributed by atoms with Crippen LogP contribution in [-0.4, -0.2) is 59.1 Å². The van der Waals surface area contributed by atoms with Crippen molar-refractivity contribution in [3.05, 3.63) is 35.4 Å². The Balaban J connectivity index is 1.52. The predicted molar refractivity (Wildman–Crippen MR) is 85.2 cm³/mol. The SMILES string of the molecule is CC(=O)N1CCC(NC(=O)CCN2C(=O)c3ccccc3C2=O)C1. The topological polar surface area (TPSA) is 86.8 Å². The third kappa shape index (κ3) is 3.02. The summed E-state index contributed by atoms with van der Waals surface area (Å²) in [6, 6.07) is 6.58. The van der Waals surface area contributed by atoms with Crippen molar-refractivity contribution in [2.24, 2.45) is 0 Å². The summed E-state index contributed by atoms with van der Waals surface area (Å²) in [5.41, 5.74) is 0.770. The summed E-state index contributed by atoms with van der Waals surface area (Å²) in [5, 5.41) is 2.86. The highest BCUT2D eigenvalue weighted by Gasteiger charge is 2.35. The van der Waals surface area contributed by atoms with Crippen molar-refractivity contribution in [2.75, 3.05) is 19.6 Å². The van der Waals surface area contributed by atoms with E-state index in [0.29, 0.717) is 24.2 Å². The lowest BCUT2D eigenvalue weighted by Crippen LogP contribution is -2.40. The van der Waals surface area contributed by atoms with Crippen LogP contribution >= 0.6 is 0 Å². The molecule has 0 spiro atoms. The molecule has 1 aromatic carbocycles. The van der Waals surface area contributed by atoms with Crippen molar-refractivity contribution in [1.29, 1.82) is 0 Å². The van der Waals surface area contributed by atoms with E-state index in [-0.39, 0.29) is 42.6 Å². The molecule has 0 aliphatic carbocycles. The first kappa shape index (κ1) is 16.2. The van der Waals surface area contributed by atoms with Gasteiger partial charge in [0.25, 0.3) is 11.8 Å². The molecule has 1 atom stereocenters. The van der Waals surface area contributed by atoms with Gasteiger partial charge in [-0.05, 0) is 18.6 Å². The number of hydrogen-bond donors (Lipinski definition) is 1. The Hall–Kier alpha value is -2.70. The maximum atomic E-state index is 12.2. The zero-order chi connectivity index (χ0) is 17.3. The molecule has 2 heterocycles. The largest absolute Gasteiger partial charge is 0.351 e. The number of nitrogens with one attached hydrogen (secondary N) is 1. The number of likely N-dealkylation sites (tertiary alicyclic amines) is 1. The minimum absolute atomic E-state index is 0.00206. The molecule has 3 rings (SSSR count). The highest BCUT2D eigenvalue weighted by Crippen LogP contribution is 2.22. The average Bonchev–Trinajstić information content (AvgIpc) is 3.11. The van der Waals surface area contributed by atoms with Crippen LogP contribution in [0.25, 0.3) is 0 Å². The van der Waals surface area contributed by atoms with Gasteiger partial charge in [0.15, 0.2) is 0 Å². The van der Waals surface area contributed by atoms with Gasteiger partial charge in [0.2, 0.25) is 11.8 Å². The van der Waals surface area contributed by atoms with Crippen LogP contribution in [0.4, 0.5) is 0 Å². The molecule has 1 saturated heterocycles. The van der Waals surface area contributed by atoms with Crippen LogP contribution in [0.3, 0.4) is 0 Å². The van der Waals surface area contributed by atoms with E-state index in [2.05, 4.69) is 5.32 Å². The van der Waals surface area contributed by atoms with E-state index >= 15 is 0 Å². The monoisotopic (exact) mass is 329 g/mol. The number of carbonyl (C=O) groups is 4. The number of benzene rings is 1. The Morgan fingerprint density at radius 1 is 1.17 bits per heavy atom. The van der Waals surface area contributed by atoms with Gasteiger partial charge in [0.1, 0.15) is 0 Å². The molecule has 0 radical (unpaired) electrons. The Bertz CT molecular complexity index is 681. The van der Waals surface area contributed by atoms with Crippen LogP contribution in [0.5, 0.6) is 0 Å². The molecular weight excluding hydrogens is 310 g/mol. The van der Waals surface area contributed by atoms with E-state index in [1.165, 1.54) is 6.92 Å². The third-order valence-corrected chi connectivity index (χ3v) is 4.44. The first-order valence-corrected chi connectivity index (χ1v) is 7.97. The van der Waals surface area contributed by atoms with E-state index in [4.69, 9.17) is 0 Å². The van der Waals surface area contributed by atoms with Crippen LogP contribution in [-0.2, 0) is 9.59 Å². The van der Waals surface area contributed by atoms with Crippen LogP contribution in [0, 0.1) is 0 Å². The maximum absolute atomic E-state index is 12.2. The summed E-state index contributed by atoms with van der Waals surface area (Å²) in [7, 11) is 0. The molecule has 1 unspecified atom stereocenters. The summed E-state index contributed by atoms with van der Waals surface area (Å²) < 4.78 is 0. The van der Waals surface area contributed by atoms with Gasteiger partial charge >= 0.3 is 0 Å². The van der Waals surface area contributed by atoms with Crippen molar-refractivity contribution in [3.63, 3.8) is 0 Å². The summed E-state index contributed by atoms with van der Waals surface area (Å²) in [5.74, 6) is -0.932. The fourth-order valence-corrected chi connectivity index (χ4v) is 3.12. The summed E-state index contributed by atoms with van der Waals surface area (Å²) in [4.78, 5) is 50.6. The number of imide groups is 1. The Morgan fingerprint density at radius 2 is 1.79 bits per heavy atom. The van der Waals surface area contributed by atoms with Gasteiger partial charge in [-0.3, -0.25) is 24.1 Å². The molecule has 4 amide bonds. The fraction of sp³-hybridized carbons (Fsp3) is 0.412. The van der Waals surface area contributed by atoms with E-state index in [1.807, 2.05) is 0 Å². The Kier molecular flexibility index (Phi) is 4.33. The Morgan fingerprint density at radius 3 is 2.33 bits per heavy atom. The molecule has 0 aromatic heterocycles. The van der Waals surface area contributed by atoms with Gasteiger partial charge in [-0.15, -0.1) is 0 Å². The number of carbonyl (C=O) groups excluding carboxylic acids is 4. The van der Waals surface area contributed by atoms with E-state index in [1.54, 1.807) is 29.2 Å². The minimum Gasteiger partial charge on any atom is -0.351 e. The number of nitrogens with zero attached hydrogens (tertiary/aromatic N) is 2. The highest BCUT2D eigenvalue weighted by molar-refractivity contribution is 6.21. The maximum Gasteiger partial charge on any atom is 0.261 e. The smallest absolute Gasteiger partial charge is 0.261 e. The number of fused-ring (bicyclic) bond motifs is 1. The third-order valence-electron chi connectivity index (χ3n) is 4.44. The predicted octanol–water partition coefficient (Wildman–Crippen LogP) is 0.410. The van der Waals surface area contributed by atoms with E-state index in [0.717, 1.165) is 11.3 Å². The zero-order valence-electron chi connectivity index (χ0n) is 13.4. The second-order valence-corrected chi connectivity index (χ2v) is 6.08. The highest BCUT2D eigenvalue weighted by atomic mass is 16.2. The van der Waals surface area contributed by atoms with Crippen molar-refractivity contribution < 1.29 is 19.2 Å². The second-order valence-electron chi connectivity index (χ2n) is 6.08. The van der Waals surface area contributed by atoms with E-state index in [9.17, 15) is 19.2 Å². The first-order valence-electron chi connectivity index (χ1n) is 7.97. The van der Waals surface area contributed by atoms with Gasteiger partial charge in [0.05, 0.1) is 11.1 Å². The van der Waals surface area contributed by atoms with Crippen LogP contribution in [0.1, 0.15) is 40.5 Å². The molecule has 126 valence electrons. The lowest BCUT2D eigenvalue weighted by atomic mass is 10.1. The molecule has 0 bridgehead atoms. The van der Waals surface area contributed by atoms with Gasteiger partial charge in [-0.1, -0.05) is 12.1 Å². The van der Waals surface area contributed by atoms with Crippen LogP contribution < -0.4 is 5.32 Å². The summed E-state index contributed by atoms with van der Waals surface area (Å²) in [6.45, 7) is 2.71. The lowest BCUT2D eigenvalue weighted by Gasteiger charge is -2.17.